The number of hydrogen-bond donors (Lipinski definition) is 2. The third kappa shape index (κ3) is 3.35. The fourth-order valence-corrected chi connectivity index (χ4v) is 2.72. The van der Waals surface area contributed by atoms with Gasteiger partial charge in [-0.25, -0.2) is 0 Å². The van der Waals surface area contributed by atoms with Gasteiger partial charge >= 0.3 is 0 Å². The number of H-pyrrole nitrogens is 1. The summed E-state index contributed by atoms with van der Waals surface area (Å²) in [5, 5.41) is 11.2. The zero-order valence-corrected chi connectivity index (χ0v) is 14.0. The van der Waals surface area contributed by atoms with Gasteiger partial charge < -0.3 is 5.32 Å². The maximum Gasteiger partial charge on any atom is 0.279 e. The zero-order chi connectivity index (χ0) is 17.1. The molecule has 2 N–H and O–H groups in total. The third-order valence-electron chi connectivity index (χ3n) is 3.90. The molecule has 3 rings (SSSR count). The second-order valence-electron chi connectivity index (χ2n) is 6.07. The van der Waals surface area contributed by atoms with Crippen LogP contribution in [0.5, 0.6) is 0 Å². The minimum atomic E-state index is -0.269. The molecule has 0 aliphatic rings. The first-order valence-electron chi connectivity index (χ1n) is 7.94. The van der Waals surface area contributed by atoms with E-state index in [1.54, 1.807) is 0 Å². The average molecular weight is 320 g/mol. The van der Waals surface area contributed by atoms with Crippen molar-refractivity contribution in [1.29, 1.82) is 0 Å². The molecule has 2 aromatic carbocycles. The molecule has 0 aliphatic heterocycles. The SMILES string of the molecule is Cc1cc(Nc2nnc(-c3ccccc3)c(=O)[nH]2)ccc1C(C)C. The number of aromatic nitrogens is 3. The third-order valence-corrected chi connectivity index (χ3v) is 3.90. The van der Waals surface area contributed by atoms with Crippen LogP contribution in [0.4, 0.5) is 11.6 Å². The molecule has 0 unspecified atom stereocenters. The Labute approximate surface area is 140 Å². The molecule has 5 nitrogen and oxygen atoms in total. The second-order valence-corrected chi connectivity index (χ2v) is 6.07. The van der Waals surface area contributed by atoms with Gasteiger partial charge in [0.05, 0.1) is 0 Å². The Kier molecular flexibility index (Phi) is 4.42. The zero-order valence-electron chi connectivity index (χ0n) is 14.0. The molecular weight excluding hydrogens is 300 g/mol. The number of hydrogen-bond acceptors (Lipinski definition) is 4. The van der Waals surface area contributed by atoms with E-state index in [0.29, 0.717) is 17.6 Å². The van der Waals surface area contributed by atoms with E-state index in [0.717, 1.165) is 11.3 Å². The summed E-state index contributed by atoms with van der Waals surface area (Å²) < 4.78 is 0. The highest BCUT2D eigenvalue weighted by molar-refractivity contribution is 5.59. The highest BCUT2D eigenvalue weighted by Crippen LogP contribution is 2.23. The Morgan fingerprint density at radius 1 is 1.04 bits per heavy atom. The first-order chi connectivity index (χ1) is 11.5. The van der Waals surface area contributed by atoms with Gasteiger partial charge in [-0.15, -0.1) is 10.2 Å². The average Bonchev–Trinajstić information content (AvgIpc) is 2.55. The number of benzene rings is 2. The molecule has 1 heterocycles. The first kappa shape index (κ1) is 15.9. The van der Waals surface area contributed by atoms with Crippen LogP contribution in [0.1, 0.15) is 30.9 Å². The lowest BCUT2D eigenvalue weighted by Gasteiger charge is -2.12. The van der Waals surface area contributed by atoms with E-state index in [9.17, 15) is 4.79 Å². The molecule has 0 bridgehead atoms. The van der Waals surface area contributed by atoms with Crippen LogP contribution in [-0.4, -0.2) is 15.2 Å². The van der Waals surface area contributed by atoms with Crippen molar-refractivity contribution >= 4 is 11.6 Å². The summed E-state index contributed by atoms with van der Waals surface area (Å²) in [4.78, 5) is 15.0. The van der Waals surface area contributed by atoms with Gasteiger partial charge in [-0.3, -0.25) is 9.78 Å². The number of nitrogens with zero attached hydrogens (tertiary/aromatic N) is 2. The fraction of sp³-hybridized carbons (Fsp3) is 0.211. The molecule has 0 fully saturated rings. The van der Waals surface area contributed by atoms with Gasteiger partial charge in [0.2, 0.25) is 5.95 Å². The lowest BCUT2D eigenvalue weighted by molar-refractivity contribution is 0.857. The van der Waals surface area contributed by atoms with Crippen molar-refractivity contribution < 1.29 is 0 Å². The molecule has 0 saturated carbocycles. The van der Waals surface area contributed by atoms with Crippen LogP contribution in [0.25, 0.3) is 11.3 Å². The molecule has 0 aliphatic carbocycles. The standard InChI is InChI=1S/C19H20N4O/c1-12(2)16-10-9-15(11-13(16)3)20-19-21-18(24)17(22-23-19)14-7-5-4-6-8-14/h4-12H,1-3H3,(H2,20,21,23,24). The van der Waals surface area contributed by atoms with E-state index >= 15 is 0 Å². The number of aromatic amines is 1. The van der Waals surface area contributed by atoms with Gasteiger partial charge in [-0.2, -0.15) is 0 Å². The van der Waals surface area contributed by atoms with Gasteiger partial charge in [0, 0.05) is 11.3 Å². The van der Waals surface area contributed by atoms with Crippen LogP contribution < -0.4 is 10.9 Å². The van der Waals surface area contributed by atoms with Crippen molar-refractivity contribution in [2.24, 2.45) is 0 Å². The van der Waals surface area contributed by atoms with Crippen LogP contribution in [0.2, 0.25) is 0 Å². The van der Waals surface area contributed by atoms with Crippen LogP contribution in [0, 0.1) is 6.92 Å². The highest BCUT2D eigenvalue weighted by atomic mass is 16.1. The minimum absolute atomic E-state index is 0.269. The quantitative estimate of drug-likeness (QED) is 0.762. The van der Waals surface area contributed by atoms with Crippen molar-refractivity contribution in [3.8, 4) is 11.3 Å². The van der Waals surface area contributed by atoms with E-state index in [2.05, 4.69) is 47.3 Å². The van der Waals surface area contributed by atoms with E-state index in [-0.39, 0.29) is 5.56 Å². The smallest absolute Gasteiger partial charge is 0.279 e. The maximum atomic E-state index is 12.2. The summed E-state index contributed by atoms with van der Waals surface area (Å²) in [6.45, 7) is 6.41. The summed E-state index contributed by atoms with van der Waals surface area (Å²) in [6, 6.07) is 15.4. The molecule has 0 saturated heterocycles. The maximum absolute atomic E-state index is 12.2. The predicted molar refractivity (Wildman–Crippen MR) is 96.6 cm³/mol. The Hall–Kier alpha value is -2.95. The number of anilines is 2. The van der Waals surface area contributed by atoms with E-state index in [1.165, 1.54) is 11.1 Å². The lowest BCUT2D eigenvalue weighted by Crippen LogP contribution is -2.15. The normalized spacial score (nSPS) is 10.8. The van der Waals surface area contributed by atoms with Crippen LogP contribution in [0.3, 0.4) is 0 Å². The Morgan fingerprint density at radius 3 is 2.42 bits per heavy atom. The summed E-state index contributed by atoms with van der Waals surface area (Å²) >= 11 is 0. The lowest BCUT2D eigenvalue weighted by atomic mass is 9.98. The first-order valence-corrected chi connectivity index (χ1v) is 7.94. The molecule has 3 aromatic rings. The molecule has 0 amide bonds. The number of aryl methyl sites for hydroxylation is 1. The van der Waals surface area contributed by atoms with E-state index < -0.39 is 0 Å². The highest BCUT2D eigenvalue weighted by Gasteiger charge is 2.08. The molecule has 122 valence electrons. The molecule has 5 heteroatoms. The van der Waals surface area contributed by atoms with Crippen molar-refractivity contribution in [2.75, 3.05) is 5.32 Å². The van der Waals surface area contributed by atoms with Gasteiger partial charge in [-0.1, -0.05) is 50.2 Å². The Bertz CT molecular complexity index is 901. The topological polar surface area (TPSA) is 70.7 Å². The Morgan fingerprint density at radius 2 is 1.79 bits per heavy atom. The van der Waals surface area contributed by atoms with Crippen LogP contribution in [0.15, 0.2) is 53.3 Å². The van der Waals surface area contributed by atoms with Crippen LogP contribution >= 0.6 is 0 Å². The van der Waals surface area contributed by atoms with E-state index in [4.69, 9.17) is 0 Å². The molecule has 0 spiro atoms. The number of nitrogens with one attached hydrogen (secondary N) is 2. The Balaban J connectivity index is 1.86. The van der Waals surface area contributed by atoms with Gasteiger partial charge in [0.1, 0.15) is 0 Å². The summed E-state index contributed by atoms with van der Waals surface area (Å²) in [5.41, 5.74) is 4.16. The fourth-order valence-electron chi connectivity index (χ4n) is 2.72. The van der Waals surface area contributed by atoms with E-state index in [1.807, 2.05) is 42.5 Å². The molecule has 24 heavy (non-hydrogen) atoms. The molecular formula is C19H20N4O. The van der Waals surface area contributed by atoms with Crippen molar-refractivity contribution in [3.63, 3.8) is 0 Å². The monoisotopic (exact) mass is 320 g/mol. The molecule has 0 atom stereocenters. The predicted octanol–water partition coefficient (Wildman–Crippen LogP) is 4.01. The van der Waals surface area contributed by atoms with Gasteiger partial charge in [0.25, 0.3) is 5.56 Å². The summed E-state index contributed by atoms with van der Waals surface area (Å²) in [6.07, 6.45) is 0. The van der Waals surface area contributed by atoms with Crippen molar-refractivity contribution in [2.45, 2.75) is 26.7 Å². The minimum Gasteiger partial charge on any atom is -0.324 e. The second kappa shape index (κ2) is 6.66. The summed E-state index contributed by atoms with van der Waals surface area (Å²) in [5.74, 6) is 0.806. The van der Waals surface area contributed by atoms with Gasteiger partial charge in [0.15, 0.2) is 5.69 Å². The van der Waals surface area contributed by atoms with Crippen molar-refractivity contribution in [1.82, 2.24) is 15.2 Å². The molecule has 1 aromatic heterocycles. The van der Waals surface area contributed by atoms with Crippen molar-refractivity contribution in [3.05, 3.63) is 70.0 Å². The van der Waals surface area contributed by atoms with Gasteiger partial charge in [-0.05, 0) is 36.1 Å². The van der Waals surface area contributed by atoms with Crippen LogP contribution in [-0.2, 0) is 0 Å². The number of rotatable bonds is 4. The largest absolute Gasteiger partial charge is 0.324 e. The summed E-state index contributed by atoms with van der Waals surface area (Å²) in [7, 11) is 0. The molecule has 0 radical (unpaired) electrons.